The van der Waals surface area contributed by atoms with Gasteiger partial charge in [0.1, 0.15) is 17.9 Å². The summed E-state index contributed by atoms with van der Waals surface area (Å²) in [6.45, 7) is 4.04. The molecule has 4 aromatic heterocycles. The molecular weight excluding hydrogens is 410 g/mol. The van der Waals surface area contributed by atoms with E-state index in [1.54, 1.807) is 13.1 Å². The zero-order valence-electron chi connectivity index (χ0n) is 17.7. The lowest BCUT2D eigenvalue weighted by molar-refractivity contribution is 0.363. The van der Waals surface area contributed by atoms with Gasteiger partial charge >= 0.3 is 0 Å². The number of aromatic nitrogens is 6. The van der Waals surface area contributed by atoms with Crippen molar-refractivity contribution >= 4 is 16.9 Å². The predicted octanol–water partition coefficient (Wildman–Crippen LogP) is 1.08. The van der Waals surface area contributed by atoms with Crippen LogP contribution < -0.4 is 16.0 Å². The minimum Gasteiger partial charge on any atom is -0.356 e. The Labute approximate surface area is 182 Å². The van der Waals surface area contributed by atoms with Crippen molar-refractivity contribution < 1.29 is 4.52 Å². The van der Waals surface area contributed by atoms with Crippen LogP contribution in [0.2, 0.25) is 0 Å². The summed E-state index contributed by atoms with van der Waals surface area (Å²) in [4.78, 5) is 40.4. The smallest absolute Gasteiger partial charge is 0.278 e. The molecule has 0 radical (unpaired) electrons. The van der Waals surface area contributed by atoms with Crippen LogP contribution in [0.4, 0.5) is 5.82 Å². The Morgan fingerprint density at radius 2 is 1.94 bits per heavy atom. The molecule has 2 fully saturated rings. The molecule has 2 unspecified atom stereocenters. The average Bonchev–Trinajstić information content (AvgIpc) is 3.12. The van der Waals surface area contributed by atoms with E-state index in [1.165, 1.54) is 27.1 Å². The lowest BCUT2D eigenvalue weighted by Crippen LogP contribution is -2.28. The van der Waals surface area contributed by atoms with Crippen LogP contribution in [0.25, 0.3) is 11.0 Å². The van der Waals surface area contributed by atoms with Crippen molar-refractivity contribution in [3.8, 4) is 0 Å². The van der Waals surface area contributed by atoms with Crippen LogP contribution in [0.3, 0.4) is 0 Å². The SMILES string of the molecule is Cc1ccnc(N2CC3C(C2)C3c2noc(Cn3cnc4ccc(=O)n(C)c4c3=O)n2)c1. The molecule has 1 aliphatic carbocycles. The number of pyridine rings is 2. The Morgan fingerprint density at radius 1 is 1.12 bits per heavy atom. The maximum Gasteiger partial charge on any atom is 0.278 e. The van der Waals surface area contributed by atoms with Gasteiger partial charge < -0.3 is 14.0 Å². The van der Waals surface area contributed by atoms with Crippen LogP contribution in [0.5, 0.6) is 0 Å². The van der Waals surface area contributed by atoms with Gasteiger partial charge in [0.15, 0.2) is 5.82 Å². The van der Waals surface area contributed by atoms with Crippen LogP contribution in [0.15, 0.2) is 50.9 Å². The van der Waals surface area contributed by atoms with Gasteiger partial charge in [0.05, 0.1) is 11.8 Å². The molecule has 2 aliphatic rings. The summed E-state index contributed by atoms with van der Waals surface area (Å²) in [5.74, 6) is 3.32. The molecule has 10 nitrogen and oxygen atoms in total. The summed E-state index contributed by atoms with van der Waals surface area (Å²) in [5.41, 5.74) is 1.34. The second-order valence-electron chi connectivity index (χ2n) is 8.64. The molecule has 6 rings (SSSR count). The Kier molecular flexibility index (Phi) is 4.04. The van der Waals surface area contributed by atoms with Crippen molar-refractivity contribution in [2.75, 3.05) is 18.0 Å². The Balaban J connectivity index is 1.19. The van der Waals surface area contributed by atoms with Crippen molar-refractivity contribution in [3.05, 3.63) is 74.8 Å². The Bertz CT molecular complexity index is 1460. The first-order valence-electron chi connectivity index (χ1n) is 10.5. The molecule has 162 valence electrons. The minimum atomic E-state index is -0.320. The van der Waals surface area contributed by atoms with Crippen LogP contribution in [0.1, 0.15) is 23.2 Å². The molecular formula is C22H21N7O3. The molecule has 2 atom stereocenters. The second kappa shape index (κ2) is 6.84. The summed E-state index contributed by atoms with van der Waals surface area (Å²) in [5, 5.41) is 4.18. The zero-order chi connectivity index (χ0) is 22.0. The van der Waals surface area contributed by atoms with E-state index in [2.05, 4.69) is 38.0 Å². The maximum absolute atomic E-state index is 12.9. The third kappa shape index (κ3) is 2.94. The maximum atomic E-state index is 12.9. The van der Waals surface area contributed by atoms with E-state index in [1.807, 2.05) is 12.3 Å². The highest BCUT2D eigenvalue weighted by Crippen LogP contribution is 2.57. The van der Waals surface area contributed by atoms with Crippen LogP contribution in [-0.2, 0) is 13.6 Å². The van der Waals surface area contributed by atoms with Crippen molar-refractivity contribution in [2.45, 2.75) is 19.4 Å². The largest absolute Gasteiger partial charge is 0.356 e. The van der Waals surface area contributed by atoms with Gasteiger partial charge in [-0.2, -0.15) is 4.98 Å². The average molecular weight is 431 g/mol. The van der Waals surface area contributed by atoms with E-state index in [9.17, 15) is 9.59 Å². The van der Waals surface area contributed by atoms with Gasteiger partial charge in [0.2, 0.25) is 5.89 Å². The molecule has 0 spiro atoms. The third-order valence-corrected chi connectivity index (χ3v) is 6.60. The zero-order valence-corrected chi connectivity index (χ0v) is 17.7. The van der Waals surface area contributed by atoms with E-state index in [-0.39, 0.29) is 29.1 Å². The summed E-state index contributed by atoms with van der Waals surface area (Å²) in [6.07, 6.45) is 3.29. The van der Waals surface area contributed by atoms with Crippen molar-refractivity contribution in [2.24, 2.45) is 18.9 Å². The molecule has 1 saturated carbocycles. The highest BCUT2D eigenvalue weighted by atomic mass is 16.5. The fourth-order valence-electron chi connectivity index (χ4n) is 4.82. The third-order valence-electron chi connectivity index (χ3n) is 6.60. The molecule has 0 bridgehead atoms. The minimum absolute atomic E-state index is 0.110. The molecule has 4 aromatic rings. The molecule has 32 heavy (non-hydrogen) atoms. The lowest BCUT2D eigenvalue weighted by Gasteiger charge is -2.20. The Morgan fingerprint density at radius 3 is 2.72 bits per heavy atom. The topological polar surface area (TPSA) is 112 Å². The van der Waals surface area contributed by atoms with Crippen LogP contribution >= 0.6 is 0 Å². The number of piperidine rings is 1. The second-order valence-corrected chi connectivity index (χ2v) is 8.64. The first-order chi connectivity index (χ1) is 15.5. The van der Waals surface area contributed by atoms with Gasteiger partial charge in [-0.1, -0.05) is 5.16 Å². The van der Waals surface area contributed by atoms with E-state index < -0.39 is 0 Å². The lowest BCUT2D eigenvalue weighted by atomic mass is 10.2. The number of fused-ring (bicyclic) bond motifs is 2. The van der Waals surface area contributed by atoms with Crippen LogP contribution in [0, 0.1) is 18.8 Å². The molecule has 1 saturated heterocycles. The number of hydrogen-bond donors (Lipinski definition) is 0. The summed E-state index contributed by atoms with van der Waals surface area (Å²) >= 11 is 0. The standard InChI is InChI=1S/C22H21N7O3/c1-12-5-6-23-16(7-12)28-8-13-14(9-28)19(13)21-25-17(32-26-21)10-29-11-24-15-3-4-18(30)27(2)20(15)22(29)31/h3-7,11,13-14,19H,8-10H2,1-2H3. The normalized spacial score (nSPS) is 21.8. The monoisotopic (exact) mass is 431 g/mol. The van der Waals surface area contributed by atoms with Gasteiger partial charge in [-0.25, -0.2) is 9.97 Å². The van der Waals surface area contributed by atoms with Crippen molar-refractivity contribution in [3.63, 3.8) is 0 Å². The molecule has 0 aromatic carbocycles. The fourth-order valence-corrected chi connectivity index (χ4v) is 4.82. The summed E-state index contributed by atoms with van der Waals surface area (Å²) in [7, 11) is 1.56. The molecule has 1 aliphatic heterocycles. The first-order valence-corrected chi connectivity index (χ1v) is 10.5. The molecule has 0 N–H and O–H groups in total. The highest BCUT2D eigenvalue weighted by molar-refractivity contribution is 5.72. The quantitative estimate of drug-likeness (QED) is 0.472. The predicted molar refractivity (Wildman–Crippen MR) is 116 cm³/mol. The van der Waals surface area contributed by atoms with Crippen molar-refractivity contribution in [1.82, 2.24) is 29.2 Å². The fraction of sp³-hybridized carbons (Fsp3) is 0.364. The molecule has 0 amide bonds. The number of nitrogens with zero attached hydrogens (tertiary/aromatic N) is 7. The van der Waals surface area contributed by atoms with Gasteiger partial charge in [-0.15, -0.1) is 0 Å². The number of rotatable bonds is 4. The summed E-state index contributed by atoms with van der Waals surface area (Å²) in [6, 6.07) is 7.05. The van der Waals surface area contributed by atoms with Crippen LogP contribution in [-0.4, -0.2) is 42.3 Å². The van der Waals surface area contributed by atoms with Gasteiger partial charge in [-0.3, -0.25) is 14.2 Å². The molecule has 10 heteroatoms. The highest BCUT2D eigenvalue weighted by Gasteiger charge is 2.58. The van der Waals surface area contributed by atoms with Gasteiger partial charge in [0.25, 0.3) is 11.1 Å². The van der Waals surface area contributed by atoms with Gasteiger partial charge in [-0.05, 0) is 42.5 Å². The summed E-state index contributed by atoms with van der Waals surface area (Å²) < 4.78 is 8.13. The Hall–Kier alpha value is -3.82. The van der Waals surface area contributed by atoms with E-state index in [0.29, 0.717) is 29.1 Å². The van der Waals surface area contributed by atoms with E-state index in [0.717, 1.165) is 18.9 Å². The number of anilines is 1. The first kappa shape index (κ1) is 18.9. The number of hydrogen-bond acceptors (Lipinski definition) is 8. The van der Waals surface area contributed by atoms with Crippen molar-refractivity contribution in [1.29, 1.82) is 0 Å². The molecule has 5 heterocycles. The van der Waals surface area contributed by atoms with E-state index >= 15 is 0 Å². The number of aryl methyl sites for hydroxylation is 2. The van der Waals surface area contributed by atoms with Gasteiger partial charge in [0, 0.05) is 38.3 Å². The van der Waals surface area contributed by atoms with E-state index in [4.69, 9.17) is 4.52 Å².